The molecule has 1 spiro atoms. The van der Waals surface area contributed by atoms with Gasteiger partial charge in [0.2, 0.25) is 5.75 Å². The molecule has 1 aliphatic heterocycles. The Hall–Kier alpha value is -2.11. The van der Waals surface area contributed by atoms with Crippen LogP contribution in [0.2, 0.25) is 0 Å². The third-order valence-corrected chi connectivity index (χ3v) is 6.04. The largest absolute Gasteiger partial charge is 0.493 e. The van der Waals surface area contributed by atoms with Crippen LogP contribution < -0.4 is 19.5 Å². The van der Waals surface area contributed by atoms with E-state index in [1.807, 2.05) is 19.2 Å². The Labute approximate surface area is 162 Å². The van der Waals surface area contributed by atoms with E-state index in [0.717, 1.165) is 24.6 Å². The first-order chi connectivity index (χ1) is 13.1. The molecular formula is C21H33N3O3. The van der Waals surface area contributed by atoms with E-state index in [2.05, 4.69) is 15.2 Å². The van der Waals surface area contributed by atoms with Crippen LogP contribution in [0.5, 0.6) is 17.2 Å². The van der Waals surface area contributed by atoms with E-state index in [4.69, 9.17) is 14.2 Å². The molecule has 27 heavy (non-hydrogen) atoms. The zero-order chi connectivity index (χ0) is 19.3. The van der Waals surface area contributed by atoms with Crippen molar-refractivity contribution in [1.29, 1.82) is 0 Å². The average Bonchev–Trinajstić information content (AvgIpc) is 3.11. The van der Waals surface area contributed by atoms with Crippen molar-refractivity contribution >= 4 is 5.96 Å². The van der Waals surface area contributed by atoms with Crippen molar-refractivity contribution in [3.63, 3.8) is 0 Å². The maximum atomic E-state index is 5.45. The Balaban J connectivity index is 1.66. The van der Waals surface area contributed by atoms with Gasteiger partial charge in [0.25, 0.3) is 0 Å². The van der Waals surface area contributed by atoms with Gasteiger partial charge < -0.3 is 24.4 Å². The number of guanidine groups is 1. The molecule has 0 unspecified atom stereocenters. The van der Waals surface area contributed by atoms with Gasteiger partial charge in [0.1, 0.15) is 0 Å². The summed E-state index contributed by atoms with van der Waals surface area (Å²) in [6.07, 6.45) is 8.19. The first-order valence-electron chi connectivity index (χ1n) is 9.89. The predicted molar refractivity (Wildman–Crippen MR) is 108 cm³/mol. The lowest BCUT2D eigenvalue weighted by atomic mass is 9.73. The molecule has 1 saturated carbocycles. The number of nitrogens with one attached hydrogen (secondary N) is 1. The van der Waals surface area contributed by atoms with Gasteiger partial charge in [-0.3, -0.25) is 4.99 Å². The summed E-state index contributed by atoms with van der Waals surface area (Å²) in [5.41, 5.74) is 1.58. The minimum Gasteiger partial charge on any atom is -0.493 e. The SMILES string of the molecule is CN=C(NCc1cc(OC)c(OC)c(OC)c1)N1CCC2(CCCCC2)C1. The third-order valence-electron chi connectivity index (χ3n) is 6.04. The Bertz CT molecular complexity index is 644. The van der Waals surface area contributed by atoms with Gasteiger partial charge in [-0.2, -0.15) is 0 Å². The van der Waals surface area contributed by atoms with Crippen LogP contribution >= 0.6 is 0 Å². The number of hydrogen-bond acceptors (Lipinski definition) is 4. The van der Waals surface area contributed by atoms with Gasteiger partial charge >= 0.3 is 0 Å². The normalized spacial score (nSPS) is 19.3. The van der Waals surface area contributed by atoms with Crippen LogP contribution in [0.15, 0.2) is 17.1 Å². The number of ether oxygens (including phenoxy) is 3. The zero-order valence-corrected chi connectivity index (χ0v) is 17.1. The van der Waals surface area contributed by atoms with Gasteiger partial charge in [0.05, 0.1) is 21.3 Å². The molecule has 2 fully saturated rings. The molecule has 150 valence electrons. The van der Waals surface area contributed by atoms with Gasteiger partial charge in [-0.15, -0.1) is 0 Å². The maximum Gasteiger partial charge on any atom is 0.203 e. The number of methoxy groups -OCH3 is 3. The van der Waals surface area contributed by atoms with Gasteiger partial charge in [0, 0.05) is 26.7 Å². The standard InChI is InChI=1S/C21H33N3O3/c1-22-20(24-11-10-21(15-24)8-6-5-7-9-21)23-14-16-12-17(25-2)19(27-4)18(13-16)26-3/h12-13H,5-11,14-15H2,1-4H3,(H,22,23). The lowest BCUT2D eigenvalue weighted by molar-refractivity contribution is 0.203. The van der Waals surface area contributed by atoms with Crippen molar-refractivity contribution in [3.05, 3.63) is 17.7 Å². The number of likely N-dealkylation sites (tertiary alicyclic amines) is 1. The molecule has 3 rings (SSSR count). The number of aliphatic imine (C=N–C) groups is 1. The summed E-state index contributed by atoms with van der Waals surface area (Å²) >= 11 is 0. The monoisotopic (exact) mass is 375 g/mol. The van der Waals surface area contributed by atoms with Crippen LogP contribution in [0.4, 0.5) is 0 Å². The van der Waals surface area contributed by atoms with Crippen molar-refractivity contribution in [1.82, 2.24) is 10.2 Å². The van der Waals surface area contributed by atoms with Crippen molar-refractivity contribution in [2.45, 2.75) is 45.1 Å². The zero-order valence-electron chi connectivity index (χ0n) is 17.1. The summed E-state index contributed by atoms with van der Waals surface area (Å²) in [4.78, 5) is 6.95. The lowest BCUT2D eigenvalue weighted by Gasteiger charge is -2.33. The lowest BCUT2D eigenvalue weighted by Crippen LogP contribution is -2.41. The minimum atomic E-state index is 0.516. The Kier molecular flexibility index (Phi) is 6.34. The summed E-state index contributed by atoms with van der Waals surface area (Å²) in [5, 5.41) is 3.51. The summed E-state index contributed by atoms with van der Waals surface area (Å²) < 4.78 is 16.3. The number of hydrogen-bond donors (Lipinski definition) is 1. The van der Waals surface area contributed by atoms with E-state index < -0.39 is 0 Å². The minimum absolute atomic E-state index is 0.516. The van der Waals surface area contributed by atoms with Gasteiger partial charge in [-0.25, -0.2) is 0 Å². The van der Waals surface area contributed by atoms with Crippen LogP contribution in [-0.2, 0) is 6.54 Å². The maximum absolute atomic E-state index is 5.45. The van der Waals surface area contributed by atoms with E-state index >= 15 is 0 Å². The van der Waals surface area contributed by atoms with Gasteiger partial charge in [-0.1, -0.05) is 19.3 Å². The Morgan fingerprint density at radius 2 is 1.70 bits per heavy atom. The highest BCUT2D eigenvalue weighted by molar-refractivity contribution is 5.80. The smallest absolute Gasteiger partial charge is 0.203 e. The molecule has 1 N–H and O–H groups in total. The molecule has 1 aliphatic carbocycles. The molecule has 1 aromatic rings. The van der Waals surface area contributed by atoms with E-state index in [0.29, 0.717) is 29.2 Å². The van der Waals surface area contributed by atoms with E-state index in [9.17, 15) is 0 Å². The fourth-order valence-corrected chi connectivity index (χ4v) is 4.58. The van der Waals surface area contributed by atoms with Crippen LogP contribution in [0.25, 0.3) is 0 Å². The number of benzene rings is 1. The van der Waals surface area contributed by atoms with Crippen molar-refractivity contribution in [2.75, 3.05) is 41.5 Å². The molecule has 1 aromatic carbocycles. The molecule has 0 atom stereocenters. The second-order valence-electron chi connectivity index (χ2n) is 7.67. The highest BCUT2D eigenvalue weighted by Gasteiger charge is 2.39. The number of rotatable bonds is 5. The van der Waals surface area contributed by atoms with E-state index in [1.165, 1.54) is 38.5 Å². The van der Waals surface area contributed by atoms with Crippen molar-refractivity contribution < 1.29 is 14.2 Å². The highest BCUT2D eigenvalue weighted by Crippen LogP contribution is 2.43. The van der Waals surface area contributed by atoms with Gasteiger partial charge in [-0.05, 0) is 42.4 Å². The van der Waals surface area contributed by atoms with Gasteiger partial charge in [0.15, 0.2) is 17.5 Å². The fourth-order valence-electron chi connectivity index (χ4n) is 4.58. The van der Waals surface area contributed by atoms with Crippen LogP contribution in [0, 0.1) is 5.41 Å². The van der Waals surface area contributed by atoms with Crippen LogP contribution in [0.1, 0.15) is 44.1 Å². The summed E-state index contributed by atoms with van der Waals surface area (Å²) in [6, 6.07) is 3.96. The molecule has 2 aliphatic rings. The third kappa shape index (κ3) is 4.25. The molecule has 0 amide bonds. The highest BCUT2D eigenvalue weighted by atomic mass is 16.5. The topological polar surface area (TPSA) is 55.3 Å². The average molecular weight is 376 g/mol. The first-order valence-corrected chi connectivity index (χ1v) is 9.89. The molecule has 0 bridgehead atoms. The molecule has 1 heterocycles. The van der Waals surface area contributed by atoms with E-state index in [1.54, 1.807) is 21.3 Å². The predicted octanol–water partition coefficient (Wildman–Crippen LogP) is 3.44. The van der Waals surface area contributed by atoms with Crippen LogP contribution in [-0.4, -0.2) is 52.3 Å². The summed E-state index contributed by atoms with van der Waals surface area (Å²) in [7, 11) is 6.76. The molecule has 6 nitrogen and oxygen atoms in total. The van der Waals surface area contributed by atoms with Crippen LogP contribution in [0.3, 0.4) is 0 Å². The second-order valence-corrected chi connectivity index (χ2v) is 7.67. The quantitative estimate of drug-likeness (QED) is 0.631. The van der Waals surface area contributed by atoms with Crippen molar-refractivity contribution in [3.8, 4) is 17.2 Å². The molecule has 0 radical (unpaired) electrons. The first kappa shape index (κ1) is 19.6. The Morgan fingerprint density at radius 1 is 1.04 bits per heavy atom. The summed E-state index contributed by atoms with van der Waals surface area (Å²) in [5.74, 6) is 2.94. The molecular weight excluding hydrogens is 342 g/mol. The second kappa shape index (κ2) is 8.72. The fraction of sp³-hybridized carbons (Fsp3) is 0.667. The molecule has 1 saturated heterocycles. The Morgan fingerprint density at radius 3 is 2.26 bits per heavy atom. The summed E-state index contributed by atoms with van der Waals surface area (Å²) in [6.45, 7) is 2.88. The van der Waals surface area contributed by atoms with E-state index in [-0.39, 0.29) is 0 Å². The molecule has 6 heteroatoms. The number of nitrogens with zero attached hydrogens (tertiary/aromatic N) is 2. The molecule has 0 aromatic heterocycles. The van der Waals surface area contributed by atoms with Crippen molar-refractivity contribution in [2.24, 2.45) is 10.4 Å².